The third kappa shape index (κ3) is 5.23. The van der Waals surface area contributed by atoms with E-state index in [9.17, 15) is 9.90 Å². The zero-order chi connectivity index (χ0) is 19.2. The highest BCUT2D eigenvalue weighted by Gasteiger charge is 2.23. The minimum Gasteiger partial charge on any atom is -0.508 e. The van der Waals surface area contributed by atoms with Crippen LogP contribution in [-0.4, -0.2) is 59.6 Å². The van der Waals surface area contributed by atoms with Gasteiger partial charge in [-0.05, 0) is 43.7 Å². The van der Waals surface area contributed by atoms with Gasteiger partial charge in [0, 0.05) is 44.5 Å². The van der Waals surface area contributed by atoms with Crippen molar-refractivity contribution in [2.75, 3.05) is 37.6 Å². The summed E-state index contributed by atoms with van der Waals surface area (Å²) in [5, 5.41) is 9.43. The number of hydrogen-bond acceptors (Lipinski definition) is 4. The minimum atomic E-state index is 0.177. The van der Waals surface area contributed by atoms with E-state index in [-0.39, 0.29) is 17.7 Å². The number of aromatic hydroxyl groups is 1. The Kier molecular flexibility index (Phi) is 6.35. The van der Waals surface area contributed by atoms with E-state index in [0.717, 1.165) is 37.4 Å². The summed E-state index contributed by atoms with van der Waals surface area (Å²) in [5.74, 6) is 0.474. The molecule has 2 aromatic rings. The Morgan fingerprint density at radius 3 is 2.22 bits per heavy atom. The maximum Gasteiger partial charge on any atom is 0.237 e. The van der Waals surface area contributed by atoms with Gasteiger partial charge in [0.05, 0.1) is 6.54 Å². The normalized spacial score (nSPS) is 15.1. The molecule has 0 atom stereocenters. The topological polar surface area (TPSA) is 47.0 Å². The Bertz CT molecular complexity index is 723. The smallest absolute Gasteiger partial charge is 0.237 e. The molecule has 144 valence electrons. The van der Waals surface area contributed by atoms with Crippen LogP contribution in [0, 0.1) is 0 Å². The molecule has 0 saturated carbocycles. The molecule has 0 unspecified atom stereocenters. The van der Waals surface area contributed by atoms with Crippen LogP contribution in [-0.2, 0) is 11.3 Å². The van der Waals surface area contributed by atoms with Gasteiger partial charge in [0.15, 0.2) is 0 Å². The molecule has 1 aliphatic heterocycles. The summed E-state index contributed by atoms with van der Waals surface area (Å²) in [4.78, 5) is 19.4. The van der Waals surface area contributed by atoms with Crippen molar-refractivity contribution < 1.29 is 9.90 Å². The third-order valence-electron chi connectivity index (χ3n) is 5.09. The summed E-state index contributed by atoms with van der Waals surface area (Å²) in [6, 6.07) is 17.7. The van der Waals surface area contributed by atoms with Gasteiger partial charge in [-0.25, -0.2) is 0 Å². The molecular weight excluding hydrogens is 338 g/mol. The fraction of sp³-hybridized carbons (Fsp3) is 0.409. The molecule has 0 radical (unpaired) electrons. The number of benzene rings is 2. The summed E-state index contributed by atoms with van der Waals surface area (Å²) < 4.78 is 0. The average Bonchev–Trinajstić information content (AvgIpc) is 2.68. The van der Waals surface area contributed by atoms with Gasteiger partial charge in [-0.15, -0.1) is 0 Å². The maximum atomic E-state index is 12.9. The van der Waals surface area contributed by atoms with Crippen molar-refractivity contribution in [3.05, 3.63) is 60.2 Å². The molecule has 0 aliphatic carbocycles. The first kappa shape index (κ1) is 19.2. The van der Waals surface area contributed by atoms with E-state index in [2.05, 4.69) is 35.8 Å². The first-order valence-electron chi connectivity index (χ1n) is 9.62. The SMILES string of the molecule is CC(C)N(Cc1ccccc1)C(=O)CN1CCN(c2ccc(O)cc2)CC1. The number of phenolic OH excluding ortho intramolecular Hbond substituents is 1. The van der Waals surface area contributed by atoms with Crippen LogP contribution in [0.1, 0.15) is 19.4 Å². The number of anilines is 1. The second kappa shape index (κ2) is 8.91. The lowest BCUT2D eigenvalue weighted by Crippen LogP contribution is -2.51. The van der Waals surface area contributed by atoms with Gasteiger partial charge in [-0.3, -0.25) is 9.69 Å². The first-order valence-corrected chi connectivity index (χ1v) is 9.62. The van der Waals surface area contributed by atoms with E-state index in [1.54, 1.807) is 12.1 Å². The fourth-order valence-electron chi connectivity index (χ4n) is 3.45. The van der Waals surface area contributed by atoms with Crippen LogP contribution in [0.15, 0.2) is 54.6 Å². The number of amides is 1. The second-order valence-corrected chi connectivity index (χ2v) is 7.38. The Hall–Kier alpha value is -2.53. The predicted octanol–water partition coefficient (Wildman–Crippen LogP) is 2.95. The number of piperazine rings is 1. The van der Waals surface area contributed by atoms with Crippen LogP contribution in [0.5, 0.6) is 5.75 Å². The lowest BCUT2D eigenvalue weighted by Gasteiger charge is -2.37. The van der Waals surface area contributed by atoms with Crippen LogP contribution in [0.25, 0.3) is 0 Å². The standard InChI is InChI=1S/C22H29N3O2/c1-18(2)25(16-19-6-4-3-5-7-19)22(27)17-23-12-14-24(15-13-23)20-8-10-21(26)11-9-20/h3-11,18,26H,12-17H2,1-2H3. The van der Waals surface area contributed by atoms with Crippen LogP contribution in [0.3, 0.4) is 0 Å². The molecule has 27 heavy (non-hydrogen) atoms. The molecule has 5 heteroatoms. The van der Waals surface area contributed by atoms with Crippen LogP contribution < -0.4 is 4.90 Å². The Balaban J connectivity index is 1.53. The van der Waals surface area contributed by atoms with Crippen molar-refractivity contribution in [1.82, 2.24) is 9.80 Å². The lowest BCUT2D eigenvalue weighted by molar-refractivity contribution is -0.134. The monoisotopic (exact) mass is 367 g/mol. The molecule has 3 rings (SSSR count). The van der Waals surface area contributed by atoms with Gasteiger partial charge < -0.3 is 14.9 Å². The van der Waals surface area contributed by atoms with Crippen molar-refractivity contribution in [2.24, 2.45) is 0 Å². The van der Waals surface area contributed by atoms with Gasteiger partial charge in [0.2, 0.25) is 5.91 Å². The Labute approximate surface area is 161 Å². The molecule has 0 spiro atoms. The molecule has 1 saturated heterocycles. The molecule has 5 nitrogen and oxygen atoms in total. The second-order valence-electron chi connectivity index (χ2n) is 7.38. The zero-order valence-corrected chi connectivity index (χ0v) is 16.2. The van der Waals surface area contributed by atoms with Crippen LogP contribution in [0.4, 0.5) is 5.69 Å². The summed E-state index contributed by atoms with van der Waals surface area (Å²) >= 11 is 0. The average molecular weight is 367 g/mol. The molecule has 1 fully saturated rings. The predicted molar refractivity (Wildman–Crippen MR) is 109 cm³/mol. The molecule has 1 amide bonds. The van der Waals surface area contributed by atoms with Gasteiger partial charge >= 0.3 is 0 Å². The highest BCUT2D eigenvalue weighted by Crippen LogP contribution is 2.20. The quantitative estimate of drug-likeness (QED) is 0.853. The summed E-state index contributed by atoms with van der Waals surface area (Å²) in [6.45, 7) is 8.77. The van der Waals surface area contributed by atoms with Crippen molar-refractivity contribution in [3.8, 4) is 5.75 Å². The van der Waals surface area contributed by atoms with Gasteiger partial charge in [-0.1, -0.05) is 30.3 Å². The molecule has 1 aliphatic rings. The molecule has 1 N–H and O–H groups in total. The van der Waals surface area contributed by atoms with Gasteiger partial charge in [0.25, 0.3) is 0 Å². The highest BCUT2D eigenvalue weighted by molar-refractivity contribution is 5.78. The molecule has 2 aromatic carbocycles. The van der Waals surface area contributed by atoms with E-state index in [1.807, 2.05) is 35.2 Å². The van der Waals surface area contributed by atoms with Crippen molar-refractivity contribution in [3.63, 3.8) is 0 Å². The number of carbonyl (C=O) groups is 1. The number of phenols is 1. The summed E-state index contributed by atoms with van der Waals surface area (Å²) in [6.07, 6.45) is 0. The summed E-state index contributed by atoms with van der Waals surface area (Å²) in [7, 11) is 0. The first-order chi connectivity index (χ1) is 13.0. The Morgan fingerprint density at radius 2 is 1.63 bits per heavy atom. The number of rotatable bonds is 6. The third-order valence-corrected chi connectivity index (χ3v) is 5.09. The largest absolute Gasteiger partial charge is 0.508 e. The molecule has 0 bridgehead atoms. The van der Waals surface area contributed by atoms with E-state index in [1.165, 1.54) is 0 Å². The number of carbonyl (C=O) groups excluding carboxylic acids is 1. The Morgan fingerprint density at radius 1 is 1.00 bits per heavy atom. The van der Waals surface area contributed by atoms with Crippen LogP contribution >= 0.6 is 0 Å². The van der Waals surface area contributed by atoms with E-state index in [0.29, 0.717) is 13.1 Å². The molecule has 1 heterocycles. The number of hydrogen-bond donors (Lipinski definition) is 1. The number of nitrogens with zero attached hydrogens (tertiary/aromatic N) is 3. The highest BCUT2D eigenvalue weighted by atomic mass is 16.3. The van der Waals surface area contributed by atoms with Crippen LogP contribution in [0.2, 0.25) is 0 Å². The maximum absolute atomic E-state index is 12.9. The lowest BCUT2D eigenvalue weighted by atomic mass is 10.2. The minimum absolute atomic E-state index is 0.177. The summed E-state index contributed by atoms with van der Waals surface area (Å²) in [5.41, 5.74) is 2.28. The molecular formula is C22H29N3O2. The van der Waals surface area contributed by atoms with Gasteiger partial charge in [-0.2, -0.15) is 0 Å². The zero-order valence-electron chi connectivity index (χ0n) is 16.2. The van der Waals surface area contributed by atoms with Crippen molar-refractivity contribution in [1.29, 1.82) is 0 Å². The van der Waals surface area contributed by atoms with Crippen molar-refractivity contribution in [2.45, 2.75) is 26.4 Å². The van der Waals surface area contributed by atoms with Gasteiger partial charge in [0.1, 0.15) is 5.75 Å². The van der Waals surface area contributed by atoms with E-state index < -0.39 is 0 Å². The fourth-order valence-corrected chi connectivity index (χ4v) is 3.45. The van der Waals surface area contributed by atoms with E-state index >= 15 is 0 Å². The van der Waals surface area contributed by atoms with Crippen molar-refractivity contribution >= 4 is 11.6 Å². The molecule has 0 aromatic heterocycles. The van der Waals surface area contributed by atoms with E-state index in [4.69, 9.17) is 0 Å².